The minimum Gasteiger partial charge on any atom is -0.381 e. The number of thiazole rings is 1. The summed E-state index contributed by atoms with van der Waals surface area (Å²) in [6.07, 6.45) is 2.27. The Morgan fingerprint density at radius 2 is 2.15 bits per heavy atom. The Hall–Kier alpha value is -1.31. The highest BCUT2D eigenvalue weighted by Gasteiger charge is 2.38. The smallest absolute Gasteiger partial charge is 0.234 e. The van der Waals surface area contributed by atoms with E-state index in [9.17, 15) is 0 Å². The van der Waals surface area contributed by atoms with Crippen LogP contribution in [0.25, 0.3) is 0 Å². The second-order valence-corrected chi connectivity index (χ2v) is 6.21. The van der Waals surface area contributed by atoms with Crippen LogP contribution in [0.5, 0.6) is 0 Å². The van der Waals surface area contributed by atoms with E-state index in [1.807, 2.05) is 12.3 Å². The highest BCUT2D eigenvalue weighted by atomic mass is 32.1. The van der Waals surface area contributed by atoms with Gasteiger partial charge in [-0.2, -0.15) is 4.98 Å². The summed E-state index contributed by atoms with van der Waals surface area (Å²) in [5, 5.41) is 7.15. The van der Waals surface area contributed by atoms with E-state index in [4.69, 9.17) is 15.0 Å². The van der Waals surface area contributed by atoms with Gasteiger partial charge in [0.25, 0.3) is 0 Å². The Kier molecular flexibility index (Phi) is 3.82. The summed E-state index contributed by atoms with van der Waals surface area (Å²) in [6, 6.07) is 0. The number of hydrogen-bond donors (Lipinski definition) is 1. The number of nitrogens with zero attached hydrogens (tertiary/aromatic N) is 3. The average Bonchev–Trinajstić information content (AvgIpc) is 3.10. The molecule has 0 aromatic carbocycles. The van der Waals surface area contributed by atoms with Gasteiger partial charge in [-0.15, -0.1) is 11.3 Å². The van der Waals surface area contributed by atoms with Crippen LogP contribution in [-0.2, 0) is 16.6 Å². The van der Waals surface area contributed by atoms with E-state index < -0.39 is 0 Å². The minimum atomic E-state index is -0.221. The predicted octanol–water partition coefficient (Wildman–Crippen LogP) is 1.43. The number of nitrogens with two attached hydrogens (primary N) is 1. The molecule has 0 radical (unpaired) electrons. The number of aryl methyl sites for hydroxylation is 1. The first-order valence-electron chi connectivity index (χ1n) is 6.74. The summed E-state index contributed by atoms with van der Waals surface area (Å²) >= 11 is 1.63. The van der Waals surface area contributed by atoms with Crippen molar-refractivity contribution in [2.75, 3.05) is 19.8 Å². The highest BCUT2D eigenvalue weighted by Crippen LogP contribution is 2.32. The summed E-state index contributed by atoms with van der Waals surface area (Å²) in [6.45, 7) is 3.88. The van der Waals surface area contributed by atoms with Crippen molar-refractivity contribution in [3.05, 3.63) is 27.8 Å². The molecule has 1 aliphatic rings. The molecule has 0 atom stereocenters. The Bertz CT molecular complexity index is 574. The molecular formula is C13H18N4O2S. The lowest BCUT2D eigenvalue weighted by Gasteiger charge is -2.32. The van der Waals surface area contributed by atoms with Gasteiger partial charge >= 0.3 is 0 Å². The van der Waals surface area contributed by atoms with Crippen LogP contribution < -0.4 is 5.73 Å². The fourth-order valence-corrected chi connectivity index (χ4v) is 3.07. The minimum absolute atomic E-state index is 0.221. The molecule has 0 bridgehead atoms. The molecule has 20 heavy (non-hydrogen) atoms. The summed E-state index contributed by atoms with van der Waals surface area (Å²) in [7, 11) is 0. The van der Waals surface area contributed by atoms with Crippen molar-refractivity contribution in [3.63, 3.8) is 0 Å². The van der Waals surface area contributed by atoms with Crippen molar-refractivity contribution in [1.29, 1.82) is 0 Å². The van der Waals surface area contributed by atoms with Crippen molar-refractivity contribution in [2.24, 2.45) is 5.73 Å². The van der Waals surface area contributed by atoms with Crippen molar-refractivity contribution in [2.45, 2.75) is 31.6 Å². The molecule has 108 valence electrons. The summed E-state index contributed by atoms with van der Waals surface area (Å²) in [5.74, 6) is 1.31. The monoisotopic (exact) mass is 294 g/mol. The molecule has 3 heterocycles. The maximum Gasteiger partial charge on any atom is 0.234 e. The average molecular weight is 294 g/mol. The van der Waals surface area contributed by atoms with Crippen LogP contribution in [0, 0.1) is 6.92 Å². The van der Waals surface area contributed by atoms with Crippen LogP contribution in [0.15, 0.2) is 9.90 Å². The second kappa shape index (κ2) is 5.59. The van der Waals surface area contributed by atoms with E-state index in [0.717, 1.165) is 23.5 Å². The van der Waals surface area contributed by atoms with Gasteiger partial charge in [0.1, 0.15) is 0 Å². The lowest BCUT2D eigenvalue weighted by Crippen LogP contribution is -2.40. The standard InChI is InChI=1S/C13H18N4O2S/c1-9-15-10(7-20-9)6-11-16-12(19-17-11)13(8-14)2-4-18-5-3-13/h7H,2-6,8,14H2,1H3. The Balaban J connectivity index is 1.78. The van der Waals surface area contributed by atoms with E-state index in [0.29, 0.717) is 37.9 Å². The summed E-state index contributed by atoms with van der Waals surface area (Å²) in [4.78, 5) is 8.95. The zero-order chi connectivity index (χ0) is 14.0. The van der Waals surface area contributed by atoms with Gasteiger partial charge in [0.05, 0.1) is 22.5 Å². The molecular weight excluding hydrogens is 276 g/mol. The highest BCUT2D eigenvalue weighted by molar-refractivity contribution is 7.09. The van der Waals surface area contributed by atoms with Crippen molar-refractivity contribution in [3.8, 4) is 0 Å². The second-order valence-electron chi connectivity index (χ2n) is 5.15. The molecule has 1 aliphatic heterocycles. The van der Waals surface area contributed by atoms with Gasteiger partial charge in [-0.1, -0.05) is 5.16 Å². The largest absolute Gasteiger partial charge is 0.381 e. The van der Waals surface area contributed by atoms with Gasteiger partial charge in [-0.25, -0.2) is 4.98 Å². The molecule has 0 amide bonds. The van der Waals surface area contributed by atoms with Gasteiger partial charge in [0, 0.05) is 25.1 Å². The van der Waals surface area contributed by atoms with Gasteiger partial charge in [0.15, 0.2) is 5.82 Å². The van der Waals surface area contributed by atoms with Crippen molar-refractivity contribution in [1.82, 2.24) is 15.1 Å². The van der Waals surface area contributed by atoms with Crippen molar-refractivity contribution >= 4 is 11.3 Å². The number of aromatic nitrogens is 3. The lowest BCUT2D eigenvalue weighted by molar-refractivity contribution is 0.0409. The van der Waals surface area contributed by atoms with E-state index in [-0.39, 0.29) is 5.41 Å². The molecule has 2 aromatic heterocycles. The molecule has 1 fully saturated rings. The number of ether oxygens (including phenoxy) is 1. The maximum atomic E-state index is 5.94. The topological polar surface area (TPSA) is 87.1 Å². The molecule has 2 N–H and O–H groups in total. The first-order chi connectivity index (χ1) is 9.72. The Morgan fingerprint density at radius 3 is 2.80 bits per heavy atom. The third-order valence-corrected chi connectivity index (χ3v) is 4.59. The Labute approximate surface area is 121 Å². The fourth-order valence-electron chi connectivity index (χ4n) is 2.46. The quantitative estimate of drug-likeness (QED) is 0.918. The van der Waals surface area contributed by atoms with E-state index in [1.54, 1.807) is 11.3 Å². The van der Waals surface area contributed by atoms with Crippen LogP contribution in [0.2, 0.25) is 0 Å². The van der Waals surface area contributed by atoms with Gasteiger partial charge in [0.2, 0.25) is 5.89 Å². The third kappa shape index (κ3) is 2.61. The molecule has 2 aromatic rings. The SMILES string of the molecule is Cc1nc(Cc2noc(C3(CN)CCOCC3)n2)cs1. The van der Waals surface area contributed by atoms with Crippen LogP contribution >= 0.6 is 11.3 Å². The van der Waals surface area contributed by atoms with E-state index in [2.05, 4.69) is 15.1 Å². The van der Waals surface area contributed by atoms with Crippen LogP contribution in [0.1, 0.15) is 35.3 Å². The fraction of sp³-hybridized carbons (Fsp3) is 0.615. The van der Waals surface area contributed by atoms with Crippen molar-refractivity contribution < 1.29 is 9.26 Å². The van der Waals surface area contributed by atoms with Crippen LogP contribution in [0.3, 0.4) is 0 Å². The Morgan fingerprint density at radius 1 is 1.35 bits per heavy atom. The molecule has 7 heteroatoms. The molecule has 6 nitrogen and oxygen atoms in total. The number of hydrogen-bond acceptors (Lipinski definition) is 7. The molecule has 3 rings (SSSR count). The molecule has 0 aliphatic carbocycles. The molecule has 0 spiro atoms. The molecule has 0 unspecified atom stereocenters. The van der Waals surface area contributed by atoms with Crippen LogP contribution in [0.4, 0.5) is 0 Å². The predicted molar refractivity (Wildman–Crippen MR) is 74.7 cm³/mol. The molecule has 1 saturated heterocycles. The zero-order valence-electron chi connectivity index (χ0n) is 11.5. The van der Waals surface area contributed by atoms with Crippen LogP contribution in [-0.4, -0.2) is 34.9 Å². The first kappa shape index (κ1) is 13.7. The van der Waals surface area contributed by atoms with Gasteiger partial charge in [-0.3, -0.25) is 0 Å². The van der Waals surface area contributed by atoms with E-state index in [1.165, 1.54) is 0 Å². The third-order valence-electron chi connectivity index (χ3n) is 3.77. The zero-order valence-corrected chi connectivity index (χ0v) is 12.3. The normalized spacial score (nSPS) is 18.3. The summed E-state index contributed by atoms with van der Waals surface area (Å²) in [5.41, 5.74) is 6.70. The van der Waals surface area contributed by atoms with Gasteiger partial charge < -0.3 is 15.0 Å². The maximum absolute atomic E-state index is 5.94. The first-order valence-corrected chi connectivity index (χ1v) is 7.62. The van der Waals surface area contributed by atoms with E-state index >= 15 is 0 Å². The lowest BCUT2D eigenvalue weighted by atomic mass is 9.80. The molecule has 0 saturated carbocycles. The summed E-state index contributed by atoms with van der Waals surface area (Å²) < 4.78 is 10.9. The van der Waals surface area contributed by atoms with Gasteiger partial charge in [-0.05, 0) is 19.8 Å². The number of rotatable bonds is 4.